The van der Waals surface area contributed by atoms with E-state index in [9.17, 15) is 9.18 Å². The first-order chi connectivity index (χ1) is 8.24. The quantitative estimate of drug-likeness (QED) is 0.682. The summed E-state index contributed by atoms with van der Waals surface area (Å²) in [6.07, 6.45) is 3.41. The maximum Gasteiger partial charge on any atom is 0.183 e. The van der Waals surface area contributed by atoms with Crippen molar-refractivity contribution in [3.8, 4) is 11.3 Å². The van der Waals surface area contributed by atoms with Gasteiger partial charge in [0.25, 0.3) is 0 Å². The fourth-order valence-corrected chi connectivity index (χ4v) is 1.83. The summed E-state index contributed by atoms with van der Waals surface area (Å²) in [5, 5.41) is 0. The van der Waals surface area contributed by atoms with E-state index in [-0.39, 0.29) is 11.2 Å². The molecule has 0 amide bonds. The fraction of sp³-hybridized carbons (Fsp3) is 0. The van der Waals surface area contributed by atoms with Gasteiger partial charge < -0.3 is 9.38 Å². The van der Waals surface area contributed by atoms with Crippen LogP contribution in [-0.4, -0.2) is 9.38 Å². The number of aromatic nitrogens is 2. The Morgan fingerprint density at radius 2 is 2.00 bits per heavy atom. The molecular formula is C13H9FN2O. The van der Waals surface area contributed by atoms with Gasteiger partial charge in [0, 0.05) is 30.1 Å². The predicted molar refractivity (Wildman–Crippen MR) is 63.4 cm³/mol. The topological polar surface area (TPSA) is 37.3 Å². The van der Waals surface area contributed by atoms with E-state index in [0.717, 1.165) is 0 Å². The maximum atomic E-state index is 13.6. The second kappa shape index (κ2) is 3.59. The lowest BCUT2D eigenvalue weighted by molar-refractivity contribution is 0.631. The van der Waals surface area contributed by atoms with Crippen molar-refractivity contribution in [2.75, 3.05) is 0 Å². The van der Waals surface area contributed by atoms with E-state index in [2.05, 4.69) is 4.98 Å². The molecule has 0 spiro atoms. The predicted octanol–water partition coefficient (Wildman–Crippen LogP) is 2.43. The molecule has 0 bridgehead atoms. The smallest absolute Gasteiger partial charge is 0.183 e. The first-order valence-corrected chi connectivity index (χ1v) is 5.20. The summed E-state index contributed by atoms with van der Waals surface area (Å²) >= 11 is 0. The van der Waals surface area contributed by atoms with Crippen LogP contribution in [0.1, 0.15) is 0 Å². The van der Waals surface area contributed by atoms with Crippen molar-refractivity contribution >= 4 is 5.65 Å². The van der Waals surface area contributed by atoms with Gasteiger partial charge in [0.1, 0.15) is 11.5 Å². The molecule has 0 radical (unpaired) electrons. The molecule has 0 saturated heterocycles. The van der Waals surface area contributed by atoms with Gasteiger partial charge in [-0.15, -0.1) is 0 Å². The summed E-state index contributed by atoms with van der Waals surface area (Å²) in [5.74, 6) is -0.290. The molecule has 1 aromatic carbocycles. The summed E-state index contributed by atoms with van der Waals surface area (Å²) in [7, 11) is 0. The lowest BCUT2D eigenvalue weighted by Crippen LogP contribution is -1.97. The molecule has 84 valence electrons. The first kappa shape index (κ1) is 9.84. The van der Waals surface area contributed by atoms with Gasteiger partial charge >= 0.3 is 0 Å². The molecule has 4 heteroatoms. The van der Waals surface area contributed by atoms with Crippen molar-refractivity contribution in [3.05, 3.63) is 64.8 Å². The van der Waals surface area contributed by atoms with Crippen molar-refractivity contribution in [2.45, 2.75) is 0 Å². The standard InChI is InChI=1S/C13H9FN2O/c14-11-4-2-1-3-10(11)12-8-16-6-5-9(17)7-13(16)15-12/h1-8,15H. The highest BCUT2D eigenvalue weighted by Gasteiger charge is 2.06. The number of halogens is 1. The van der Waals surface area contributed by atoms with E-state index in [1.807, 2.05) is 0 Å². The zero-order valence-corrected chi connectivity index (χ0v) is 8.85. The minimum atomic E-state index is -0.290. The normalized spacial score (nSPS) is 10.9. The number of hydrogen-bond acceptors (Lipinski definition) is 1. The lowest BCUT2D eigenvalue weighted by atomic mass is 10.1. The molecule has 0 aliphatic carbocycles. The van der Waals surface area contributed by atoms with Crippen LogP contribution >= 0.6 is 0 Å². The Morgan fingerprint density at radius 1 is 1.18 bits per heavy atom. The highest BCUT2D eigenvalue weighted by Crippen LogP contribution is 2.21. The van der Waals surface area contributed by atoms with Crippen LogP contribution in [0.2, 0.25) is 0 Å². The fourth-order valence-electron chi connectivity index (χ4n) is 1.83. The summed E-state index contributed by atoms with van der Waals surface area (Å²) in [6.45, 7) is 0. The Labute approximate surface area is 96.2 Å². The molecule has 0 aliphatic rings. The van der Waals surface area contributed by atoms with Crippen LogP contribution in [0.4, 0.5) is 4.39 Å². The van der Waals surface area contributed by atoms with Crippen molar-refractivity contribution in [1.29, 1.82) is 0 Å². The Balaban J connectivity index is 2.25. The minimum absolute atomic E-state index is 0.0769. The monoisotopic (exact) mass is 228 g/mol. The third kappa shape index (κ3) is 1.63. The minimum Gasteiger partial charge on any atom is -0.339 e. The van der Waals surface area contributed by atoms with Crippen LogP contribution in [0.5, 0.6) is 0 Å². The average molecular weight is 228 g/mol. The van der Waals surface area contributed by atoms with Gasteiger partial charge in [-0.2, -0.15) is 0 Å². The van der Waals surface area contributed by atoms with E-state index in [0.29, 0.717) is 16.9 Å². The van der Waals surface area contributed by atoms with Crippen LogP contribution in [0.3, 0.4) is 0 Å². The number of hydrogen-bond donors (Lipinski definition) is 1. The Bertz CT molecular complexity index is 742. The first-order valence-electron chi connectivity index (χ1n) is 5.20. The second-order valence-electron chi connectivity index (χ2n) is 3.80. The summed E-state index contributed by atoms with van der Waals surface area (Å²) in [6, 6.07) is 9.46. The number of imidazole rings is 1. The van der Waals surface area contributed by atoms with Crippen LogP contribution in [0.15, 0.2) is 53.6 Å². The third-order valence-corrected chi connectivity index (χ3v) is 2.65. The van der Waals surface area contributed by atoms with E-state index in [1.165, 1.54) is 18.2 Å². The number of rotatable bonds is 1. The SMILES string of the molecule is O=c1ccn2cc(-c3ccccc3F)[nH]c2c1. The van der Waals surface area contributed by atoms with Gasteiger partial charge in [-0.25, -0.2) is 4.39 Å². The second-order valence-corrected chi connectivity index (χ2v) is 3.80. The highest BCUT2D eigenvalue weighted by atomic mass is 19.1. The maximum absolute atomic E-state index is 13.6. The van der Waals surface area contributed by atoms with Crippen molar-refractivity contribution < 1.29 is 4.39 Å². The highest BCUT2D eigenvalue weighted by molar-refractivity contribution is 5.63. The van der Waals surface area contributed by atoms with Gasteiger partial charge in [0.05, 0.1) is 5.69 Å². The van der Waals surface area contributed by atoms with Gasteiger partial charge in [-0.1, -0.05) is 12.1 Å². The van der Waals surface area contributed by atoms with E-state index < -0.39 is 0 Å². The molecule has 0 aliphatic heterocycles. The number of aromatic amines is 1. The number of nitrogens with zero attached hydrogens (tertiary/aromatic N) is 1. The third-order valence-electron chi connectivity index (χ3n) is 2.65. The van der Waals surface area contributed by atoms with E-state index in [4.69, 9.17) is 0 Å². The number of nitrogens with one attached hydrogen (secondary N) is 1. The van der Waals surface area contributed by atoms with Crippen LogP contribution in [0.25, 0.3) is 16.9 Å². The van der Waals surface area contributed by atoms with E-state index >= 15 is 0 Å². The van der Waals surface area contributed by atoms with Crippen LogP contribution in [0, 0.1) is 5.82 Å². The molecule has 3 aromatic rings. The van der Waals surface area contributed by atoms with Crippen molar-refractivity contribution in [2.24, 2.45) is 0 Å². The number of benzene rings is 1. The largest absolute Gasteiger partial charge is 0.339 e. The average Bonchev–Trinajstić information content (AvgIpc) is 2.72. The van der Waals surface area contributed by atoms with Gasteiger partial charge in [0.2, 0.25) is 0 Å². The zero-order valence-electron chi connectivity index (χ0n) is 8.85. The molecule has 0 atom stereocenters. The van der Waals surface area contributed by atoms with E-state index in [1.54, 1.807) is 35.0 Å². The number of H-pyrrole nitrogens is 1. The zero-order chi connectivity index (χ0) is 11.8. The van der Waals surface area contributed by atoms with Gasteiger partial charge in [-0.05, 0) is 12.1 Å². The summed E-state index contributed by atoms with van der Waals surface area (Å²) < 4.78 is 15.3. The van der Waals surface area contributed by atoms with Gasteiger partial charge in [0.15, 0.2) is 5.43 Å². The molecule has 3 nitrogen and oxygen atoms in total. The lowest BCUT2D eigenvalue weighted by Gasteiger charge is -1.97. The Kier molecular flexibility index (Phi) is 2.08. The van der Waals surface area contributed by atoms with Crippen LogP contribution < -0.4 is 5.43 Å². The molecular weight excluding hydrogens is 219 g/mol. The Hall–Kier alpha value is -2.36. The molecule has 3 rings (SSSR count). The molecule has 0 unspecified atom stereocenters. The molecule has 17 heavy (non-hydrogen) atoms. The Morgan fingerprint density at radius 3 is 2.82 bits per heavy atom. The molecule has 0 saturated carbocycles. The summed E-state index contributed by atoms with van der Waals surface area (Å²) in [5.41, 5.74) is 1.71. The molecule has 1 N–H and O–H groups in total. The number of fused-ring (bicyclic) bond motifs is 1. The van der Waals surface area contributed by atoms with Crippen molar-refractivity contribution in [1.82, 2.24) is 9.38 Å². The summed E-state index contributed by atoms with van der Waals surface area (Å²) in [4.78, 5) is 14.2. The van der Waals surface area contributed by atoms with Crippen LogP contribution in [-0.2, 0) is 0 Å². The molecule has 2 heterocycles. The van der Waals surface area contributed by atoms with Gasteiger partial charge in [-0.3, -0.25) is 4.79 Å². The molecule has 2 aromatic heterocycles. The van der Waals surface area contributed by atoms with Crippen molar-refractivity contribution in [3.63, 3.8) is 0 Å². The molecule has 0 fully saturated rings. The number of pyridine rings is 1.